The van der Waals surface area contributed by atoms with Crippen LogP contribution in [0.15, 0.2) is 0 Å². The predicted octanol–water partition coefficient (Wildman–Crippen LogP) is 2.86. The molecule has 0 fully saturated rings. The van der Waals surface area contributed by atoms with Crippen molar-refractivity contribution in [3.8, 4) is 0 Å². The zero-order chi connectivity index (χ0) is 18.5. The molecule has 2 atom stereocenters. The first-order chi connectivity index (χ1) is 11.3. The molecule has 0 rings (SSSR count). The van der Waals surface area contributed by atoms with Crippen LogP contribution in [0.25, 0.3) is 0 Å². The molecule has 3 N–H and O–H groups in total. The second-order valence-corrected chi connectivity index (χ2v) is 6.84. The molecule has 0 aromatic rings. The van der Waals surface area contributed by atoms with E-state index in [1.54, 1.807) is 0 Å². The molecule has 0 radical (unpaired) electrons. The zero-order valence-electron chi connectivity index (χ0n) is 15.6. The van der Waals surface area contributed by atoms with Crippen molar-refractivity contribution >= 4 is 17.8 Å². The van der Waals surface area contributed by atoms with Gasteiger partial charge in [0.1, 0.15) is 12.1 Å². The first-order valence-corrected chi connectivity index (χ1v) is 9.08. The number of carboxylic acid groups (broad SMARTS) is 1. The van der Waals surface area contributed by atoms with E-state index < -0.39 is 24.0 Å². The van der Waals surface area contributed by atoms with E-state index >= 15 is 0 Å². The van der Waals surface area contributed by atoms with Crippen LogP contribution >= 0.6 is 0 Å². The number of carbonyl (C=O) groups is 3. The van der Waals surface area contributed by atoms with E-state index in [-0.39, 0.29) is 11.8 Å². The van der Waals surface area contributed by atoms with Gasteiger partial charge in [-0.25, -0.2) is 4.79 Å². The highest BCUT2D eigenvalue weighted by molar-refractivity contribution is 5.89. The number of carbonyl (C=O) groups excluding carboxylic acids is 2. The van der Waals surface area contributed by atoms with E-state index in [1.807, 2.05) is 13.8 Å². The van der Waals surface area contributed by atoms with Crippen LogP contribution in [0.5, 0.6) is 0 Å². The first kappa shape index (κ1) is 22.4. The monoisotopic (exact) mass is 342 g/mol. The maximum atomic E-state index is 12.3. The van der Waals surface area contributed by atoms with Crippen LogP contribution in [-0.2, 0) is 14.4 Å². The Morgan fingerprint density at radius 2 is 1.50 bits per heavy atom. The summed E-state index contributed by atoms with van der Waals surface area (Å²) in [5.41, 5.74) is 0. The smallest absolute Gasteiger partial charge is 0.326 e. The third-order valence-corrected chi connectivity index (χ3v) is 3.86. The molecular formula is C18H34N2O4. The van der Waals surface area contributed by atoms with Gasteiger partial charge in [0.25, 0.3) is 0 Å². The maximum absolute atomic E-state index is 12.3. The van der Waals surface area contributed by atoms with E-state index in [0.29, 0.717) is 12.8 Å². The van der Waals surface area contributed by atoms with Gasteiger partial charge in [0, 0.05) is 6.92 Å². The van der Waals surface area contributed by atoms with Crippen molar-refractivity contribution in [3.63, 3.8) is 0 Å². The second-order valence-electron chi connectivity index (χ2n) is 6.84. The number of amides is 2. The SMILES string of the molecule is CCCCCCCC[C@H](NC(=O)[C@H](CC(C)C)NC(C)=O)C(=O)O. The Balaban J connectivity index is 4.46. The number of hydrogen-bond donors (Lipinski definition) is 3. The lowest BCUT2D eigenvalue weighted by molar-refractivity contribution is -0.142. The minimum Gasteiger partial charge on any atom is -0.480 e. The lowest BCUT2D eigenvalue weighted by Gasteiger charge is -2.22. The summed E-state index contributed by atoms with van der Waals surface area (Å²) in [6, 6.07) is -1.58. The van der Waals surface area contributed by atoms with Gasteiger partial charge in [-0.3, -0.25) is 9.59 Å². The average molecular weight is 342 g/mol. The Morgan fingerprint density at radius 1 is 0.917 bits per heavy atom. The summed E-state index contributed by atoms with van der Waals surface area (Å²) in [7, 11) is 0. The fourth-order valence-corrected chi connectivity index (χ4v) is 2.61. The summed E-state index contributed by atoms with van der Waals surface area (Å²) < 4.78 is 0. The van der Waals surface area contributed by atoms with Crippen LogP contribution < -0.4 is 10.6 Å². The van der Waals surface area contributed by atoms with E-state index in [9.17, 15) is 19.5 Å². The van der Waals surface area contributed by atoms with Crippen LogP contribution in [0.1, 0.15) is 79.1 Å². The largest absolute Gasteiger partial charge is 0.480 e. The molecule has 0 aromatic carbocycles. The number of hydrogen-bond acceptors (Lipinski definition) is 3. The minimum atomic E-state index is -1.02. The molecule has 0 aliphatic rings. The molecule has 0 bridgehead atoms. The van der Waals surface area contributed by atoms with Gasteiger partial charge in [0.05, 0.1) is 0 Å². The van der Waals surface area contributed by atoms with Gasteiger partial charge < -0.3 is 15.7 Å². The molecule has 0 aliphatic heterocycles. The van der Waals surface area contributed by atoms with Crippen LogP contribution in [0.2, 0.25) is 0 Å². The van der Waals surface area contributed by atoms with Crippen molar-refractivity contribution in [2.24, 2.45) is 5.92 Å². The summed E-state index contributed by atoms with van der Waals surface area (Å²) in [5, 5.41) is 14.5. The van der Waals surface area contributed by atoms with Gasteiger partial charge in [0.2, 0.25) is 11.8 Å². The van der Waals surface area contributed by atoms with E-state index in [4.69, 9.17) is 0 Å². The highest BCUT2D eigenvalue weighted by Crippen LogP contribution is 2.10. The van der Waals surface area contributed by atoms with Crippen LogP contribution in [0, 0.1) is 5.92 Å². The van der Waals surface area contributed by atoms with Gasteiger partial charge in [-0.15, -0.1) is 0 Å². The summed E-state index contributed by atoms with van der Waals surface area (Å²) in [5.74, 6) is -1.52. The Hall–Kier alpha value is -1.59. The number of carboxylic acids is 1. The van der Waals surface area contributed by atoms with E-state index in [1.165, 1.54) is 26.2 Å². The quantitative estimate of drug-likeness (QED) is 0.448. The van der Waals surface area contributed by atoms with E-state index in [2.05, 4.69) is 17.6 Å². The van der Waals surface area contributed by atoms with Crippen molar-refractivity contribution in [2.45, 2.75) is 91.1 Å². The molecule has 24 heavy (non-hydrogen) atoms. The number of rotatable bonds is 13. The van der Waals surface area contributed by atoms with Crippen LogP contribution in [-0.4, -0.2) is 35.0 Å². The summed E-state index contributed by atoms with van der Waals surface area (Å²) >= 11 is 0. The molecule has 0 spiro atoms. The molecule has 0 aliphatic carbocycles. The van der Waals surface area contributed by atoms with Crippen molar-refractivity contribution < 1.29 is 19.5 Å². The molecule has 0 saturated carbocycles. The molecular weight excluding hydrogens is 308 g/mol. The number of nitrogens with one attached hydrogen (secondary N) is 2. The van der Waals surface area contributed by atoms with Crippen LogP contribution in [0.3, 0.4) is 0 Å². The van der Waals surface area contributed by atoms with E-state index in [0.717, 1.165) is 19.3 Å². The summed E-state index contributed by atoms with van der Waals surface area (Å²) in [6.45, 7) is 7.41. The lowest BCUT2D eigenvalue weighted by Crippen LogP contribution is -2.51. The third kappa shape index (κ3) is 11.0. The molecule has 0 unspecified atom stereocenters. The lowest BCUT2D eigenvalue weighted by atomic mass is 10.0. The molecule has 0 saturated heterocycles. The molecule has 6 heteroatoms. The molecule has 140 valence electrons. The molecule has 2 amide bonds. The fraction of sp³-hybridized carbons (Fsp3) is 0.833. The number of unbranched alkanes of at least 4 members (excludes halogenated alkanes) is 5. The summed E-state index contributed by atoms with van der Waals surface area (Å²) in [6.07, 6.45) is 7.28. The van der Waals surface area contributed by atoms with Gasteiger partial charge in [-0.05, 0) is 18.8 Å². The summed E-state index contributed by atoms with van der Waals surface area (Å²) in [4.78, 5) is 34.9. The second kappa shape index (κ2) is 12.8. The Bertz CT molecular complexity index is 396. The average Bonchev–Trinajstić information content (AvgIpc) is 2.47. The van der Waals surface area contributed by atoms with Gasteiger partial charge in [-0.2, -0.15) is 0 Å². The van der Waals surface area contributed by atoms with Crippen molar-refractivity contribution in [3.05, 3.63) is 0 Å². The van der Waals surface area contributed by atoms with Gasteiger partial charge in [-0.1, -0.05) is 59.3 Å². The topological polar surface area (TPSA) is 95.5 Å². The van der Waals surface area contributed by atoms with Crippen molar-refractivity contribution in [2.75, 3.05) is 0 Å². The van der Waals surface area contributed by atoms with Gasteiger partial charge >= 0.3 is 5.97 Å². The zero-order valence-corrected chi connectivity index (χ0v) is 15.6. The Kier molecular flexibility index (Phi) is 11.9. The molecule has 0 aromatic heterocycles. The predicted molar refractivity (Wildman–Crippen MR) is 94.6 cm³/mol. The van der Waals surface area contributed by atoms with Crippen molar-refractivity contribution in [1.29, 1.82) is 0 Å². The maximum Gasteiger partial charge on any atom is 0.326 e. The molecule has 6 nitrogen and oxygen atoms in total. The van der Waals surface area contributed by atoms with Crippen molar-refractivity contribution in [1.82, 2.24) is 10.6 Å². The van der Waals surface area contributed by atoms with Gasteiger partial charge in [0.15, 0.2) is 0 Å². The highest BCUT2D eigenvalue weighted by Gasteiger charge is 2.26. The standard InChI is InChI=1S/C18H34N2O4/c1-5-6-7-8-9-10-11-15(18(23)24)20-17(22)16(12-13(2)3)19-14(4)21/h13,15-16H,5-12H2,1-4H3,(H,19,21)(H,20,22)(H,23,24)/t15-,16-/m0/s1. The molecule has 0 heterocycles. The van der Waals surface area contributed by atoms with Crippen LogP contribution in [0.4, 0.5) is 0 Å². The Morgan fingerprint density at radius 3 is 2.00 bits per heavy atom. The third-order valence-electron chi connectivity index (χ3n) is 3.86. The highest BCUT2D eigenvalue weighted by atomic mass is 16.4. The Labute approximate surface area is 145 Å². The first-order valence-electron chi connectivity index (χ1n) is 9.08. The normalized spacial score (nSPS) is 13.4. The minimum absolute atomic E-state index is 0.217. The fourth-order valence-electron chi connectivity index (χ4n) is 2.61. The number of aliphatic carboxylic acids is 1.